The number of nitro benzene ring substituents is 1. The molecule has 5 nitrogen and oxygen atoms in total. The number of hydrogen-bond acceptors (Lipinski definition) is 4. The van der Waals surface area contributed by atoms with Crippen LogP contribution in [0.4, 0.5) is 10.1 Å². The van der Waals surface area contributed by atoms with Crippen LogP contribution in [0.1, 0.15) is 11.3 Å². The Morgan fingerprint density at radius 2 is 1.96 bits per heavy atom. The van der Waals surface area contributed by atoms with Gasteiger partial charge in [-0.05, 0) is 35.9 Å². The normalized spacial score (nSPS) is 11.1. The van der Waals surface area contributed by atoms with Crippen LogP contribution in [0.3, 0.4) is 0 Å². The number of non-ortho nitro benzene ring substituents is 1. The molecule has 0 unspecified atom stereocenters. The molecular formula is C19H11FN2O3. The van der Waals surface area contributed by atoms with Crippen molar-refractivity contribution in [3.8, 4) is 17.4 Å². The molecule has 0 bridgehead atoms. The van der Waals surface area contributed by atoms with Crippen molar-refractivity contribution < 1.29 is 13.7 Å². The summed E-state index contributed by atoms with van der Waals surface area (Å²) in [7, 11) is 0. The highest BCUT2D eigenvalue weighted by molar-refractivity contribution is 5.88. The molecule has 1 heterocycles. The lowest BCUT2D eigenvalue weighted by molar-refractivity contribution is -0.384. The predicted molar refractivity (Wildman–Crippen MR) is 90.7 cm³/mol. The first-order valence-electron chi connectivity index (χ1n) is 7.29. The van der Waals surface area contributed by atoms with Crippen molar-refractivity contribution in [1.29, 1.82) is 5.26 Å². The highest BCUT2D eigenvalue weighted by atomic mass is 19.1. The number of halogens is 1. The zero-order valence-electron chi connectivity index (χ0n) is 12.8. The summed E-state index contributed by atoms with van der Waals surface area (Å²) in [4.78, 5) is 10.4. The summed E-state index contributed by atoms with van der Waals surface area (Å²) < 4.78 is 19.0. The second kappa shape index (κ2) is 6.81. The van der Waals surface area contributed by atoms with Gasteiger partial charge in [-0.1, -0.05) is 24.3 Å². The van der Waals surface area contributed by atoms with E-state index in [1.807, 2.05) is 6.07 Å². The fourth-order valence-corrected chi connectivity index (χ4v) is 2.34. The molecule has 0 N–H and O–H groups in total. The van der Waals surface area contributed by atoms with E-state index in [0.717, 1.165) is 0 Å². The molecule has 3 rings (SSSR count). The lowest BCUT2D eigenvalue weighted by Gasteiger charge is -1.99. The van der Waals surface area contributed by atoms with E-state index in [9.17, 15) is 19.8 Å². The predicted octanol–water partition coefficient (Wildman–Crippen LogP) is 5.06. The maximum absolute atomic E-state index is 13.3. The van der Waals surface area contributed by atoms with Gasteiger partial charge in [-0.15, -0.1) is 0 Å². The molecule has 0 aliphatic heterocycles. The number of allylic oxidation sites excluding steroid dienone is 1. The van der Waals surface area contributed by atoms with Crippen LogP contribution < -0.4 is 0 Å². The van der Waals surface area contributed by atoms with Crippen LogP contribution in [0.25, 0.3) is 23.0 Å². The van der Waals surface area contributed by atoms with Gasteiger partial charge in [0, 0.05) is 17.7 Å². The number of rotatable bonds is 4. The molecule has 0 saturated carbocycles. The van der Waals surface area contributed by atoms with E-state index in [1.54, 1.807) is 30.3 Å². The highest BCUT2D eigenvalue weighted by Crippen LogP contribution is 2.27. The van der Waals surface area contributed by atoms with Crippen molar-refractivity contribution in [3.05, 3.63) is 87.9 Å². The molecule has 0 radical (unpaired) electrons. The minimum absolute atomic E-state index is 0.0385. The zero-order valence-corrected chi connectivity index (χ0v) is 12.8. The van der Waals surface area contributed by atoms with Crippen LogP contribution in [0.15, 0.2) is 65.1 Å². The largest absolute Gasteiger partial charge is 0.457 e. The fourth-order valence-electron chi connectivity index (χ4n) is 2.34. The smallest absolute Gasteiger partial charge is 0.270 e. The third-order valence-electron chi connectivity index (χ3n) is 3.51. The van der Waals surface area contributed by atoms with Crippen molar-refractivity contribution in [2.24, 2.45) is 0 Å². The van der Waals surface area contributed by atoms with E-state index in [-0.39, 0.29) is 11.3 Å². The third kappa shape index (κ3) is 3.62. The monoisotopic (exact) mass is 334 g/mol. The average molecular weight is 334 g/mol. The number of furan rings is 1. The summed E-state index contributed by atoms with van der Waals surface area (Å²) in [5.41, 5.74) is 1.21. The summed E-state index contributed by atoms with van der Waals surface area (Å²) in [5, 5.41) is 20.2. The SMILES string of the molecule is N#C/C(=C/c1ccc(-c2cccc([N+](=O)[O-])c2)o1)c1cccc(F)c1. The van der Waals surface area contributed by atoms with Gasteiger partial charge in [-0.2, -0.15) is 5.26 Å². The summed E-state index contributed by atoms with van der Waals surface area (Å²) in [5.74, 6) is 0.393. The number of nitriles is 1. The Labute approximate surface area is 142 Å². The second-order valence-corrected chi connectivity index (χ2v) is 5.19. The minimum atomic E-state index is -0.481. The quantitative estimate of drug-likeness (QED) is 0.379. The average Bonchev–Trinajstić information content (AvgIpc) is 3.08. The molecule has 0 saturated heterocycles. The Balaban J connectivity index is 1.94. The van der Waals surface area contributed by atoms with Gasteiger partial charge in [0.05, 0.1) is 16.6 Å². The van der Waals surface area contributed by atoms with Gasteiger partial charge in [0.25, 0.3) is 5.69 Å². The molecule has 3 aromatic rings. The molecule has 122 valence electrons. The van der Waals surface area contributed by atoms with E-state index >= 15 is 0 Å². The number of hydrogen-bond donors (Lipinski definition) is 0. The molecular weight excluding hydrogens is 323 g/mol. The highest BCUT2D eigenvalue weighted by Gasteiger charge is 2.10. The third-order valence-corrected chi connectivity index (χ3v) is 3.51. The first kappa shape index (κ1) is 16.1. The van der Waals surface area contributed by atoms with Crippen LogP contribution in [-0.4, -0.2) is 4.92 Å². The molecule has 0 spiro atoms. The first-order chi connectivity index (χ1) is 12.1. The Kier molecular flexibility index (Phi) is 4.40. The van der Waals surface area contributed by atoms with E-state index in [0.29, 0.717) is 22.6 Å². The number of nitro groups is 1. The first-order valence-corrected chi connectivity index (χ1v) is 7.29. The molecule has 0 aliphatic carbocycles. The van der Waals surface area contributed by atoms with Crippen molar-refractivity contribution in [1.82, 2.24) is 0 Å². The van der Waals surface area contributed by atoms with Crippen molar-refractivity contribution in [3.63, 3.8) is 0 Å². The Hall–Kier alpha value is -3.72. The van der Waals surface area contributed by atoms with Gasteiger partial charge >= 0.3 is 0 Å². The number of benzene rings is 2. The lowest BCUT2D eigenvalue weighted by Crippen LogP contribution is -1.87. The topological polar surface area (TPSA) is 80.1 Å². The van der Waals surface area contributed by atoms with Crippen LogP contribution in [0.5, 0.6) is 0 Å². The van der Waals surface area contributed by atoms with Gasteiger partial charge in [0.1, 0.15) is 17.3 Å². The van der Waals surface area contributed by atoms with Crippen molar-refractivity contribution in [2.45, 2.75) is 0 Å². The van der Waals surface area contributed by atoms with E-state index in [4.69, 9.17) is 4.42 Å². The standard InChI is InChI=1S/C19H11FN2O3/c20-16-5-1-3-13(9-16)15(12-21)11-18-7-8-19(25-18)14-4-2-6-17(10-14)22(23)24/h1-11H/b15-11-. The van der Waals surface area contributed by atoms with Gasteiger partial charge in [0.2, 0.25) is 0 Å². The van der Waals surface area contributed by atoms with Gasteiger partial charge in [-0.25, -0.2) is 4.39 Å². The van der Waals surface area contributed by atoms with Gasteiger partial charge in [-0.3, -0.25) is 10.1 Å². The molecule has 2 aromatic carbocycles. The van der Waals surface area contributed by atoms with Crippen LogP contribution in [0, 0.1) is 27.3 Å². The van der Waals surface area contributed by atoms with E-state index < -0.39 is 10.7 Å². The molecule has 1 aromatic heterocycles. The molecule has 0 aliphatic rings. The van der Waals surface area contributed by atoms with Gasteiger partial charge in [0.15, 0.2) is 0 Å². The fraction of sp³-hybridized carbons (Fsp3) is 0. The Morgan fingerprint density at radius 3 is 2.68 bits per heavy atom. The zero-order chi connectivity index (χ0) is 17.8. The van der Waals surface area contributed by atoms with Crippen LogP contribution in [0.2, 0.25) is 0 Å². The maximum atomic E-state index is 13.3. The van der Waals surface area contributed by atoms with Crippen molar-refractivity contribution in [2.75, 3.05) is 0 Å². The lowest BCUT2D eigenvalue weighted by atomic mass is 10.1. The summed E-state index contributed by atoms with van der Waals surface area (Å²) in [6, 6.07) is 17.1. The number of nitrogens with zero attached hydrogens (tertiary/aromatic N) is 2. The Morgan fingerprint density at radius 1 is 1.16 bits per heavy atom. The van der Waals surface area contributed by atoms with Crippen LogP contribution >= 0.6 is 0 Å². The second-order valence-electron chi connectivity index (χ2n) is 5.19. The molecule has 0 atom stereocenters. The summed E-state index contributed by atoms with van der Waals surface area (Å²) in [6.45, 7) is 0. The molecule has 25 heavy (non-hydrogen) atoms. The van der Waals surface area contributed by atoms with E-state index in [1.165, 1.54) is 36.4 Å². The van der Waals surface area contributed by atoms with Crippen LogP contribution in [-0.2, 0) is 0 Å². The minimum Gasteiger partial charge on any atom is -0.457 e. The molecule has 0 amide bonds. The van der Waals surface area contributed by atoms with E-state index in [2.05, 4.69) is 0 Å². The summed E-state index contributed by atoms with van der Waals surface area (Å²) >= 11 is 0. The summed E-state index contributed by atoms with van der Waals surface area (Å²) in [6.07, 6.45) is 1.50. The molecule has 0 fully saturated rings. The maximum Gasteiger partial charge on any atom is 0.270 e. The Bertz CT molecular complexity index is 1020. The molecule has 6 heteroatoms. The van der Waals surface area contributed by atoms with Gasteiger partial charge < -0.3 is 4.42 Å². The van der Waals surface area contributed by atoms with Crippen molar-refractivity contribution >= 4 is 17.3 Å².